The summed E-state index contributed by atoms with van der Waals surface area (Å²) in [7, 11) is 0. The van der Waals surface area contributed by atoms with E-state index in [1.54, 1.807) is 11.3 Å². The predicted octanol–water partition coefficient (Wildman–Crippen LogP) is 2.58. The van der Waals surface area contributed by atoms with Gasteiger partial charge in [-0.2, -0.15) is 5.26 Å². The van der Waals surface area contributed by atoms with Crippen LogP contribution in [-0.4, -0.2) is 22.5 Å². The van der Waals surface area contributed by atoms with Crippen LogP contribution in [-0.2, 0) is 6.54 Å². The highest BCUT2D eigenvalue weighted by molar-refractivity contribution is 7.09. The maximum absolute atomic E-state index is 8.58. The summed E-state index contributed by atoms with van der Waals surface area (Å²) < 4.78 is 0. The van der Waals surface area contributed by atoms with Crippen molar-refractivity contribution in [2.24, 2.45) is 0 Å². The molecule has 1 aromatic heterocycles. The molecule has 1 aromatic rings. The lowest BCUT2D eigenvalue weighted by Gasteiger charge is -2.24. The first-order chi connectivity index (χ1) is 7.13. The van der Waals surface area contributed by atoms with Gasteiger partial charge in [0.25, 0.3) is 0 Å². The molecule has 0 aliphatic carbocycles. The Morgan fingerprint density at radius 3 is 2.80 bits per heavy atom. The molecule has 4 heteroatoms. The summed E-state index contributed by atoms with van der Waals surface area (Å²) in [4.78, 5) is 6.71. The van der Waals surface area contributed by atoms with E-state index in [4.69, 9.17) is 5.26 Å². The number of rotatable bonds is 5. The first-order valence-electron chi connectivity index (χ1n) is 5.15. The van der Waals surface area contributed by atoms with Gasteiger partial charge in [-0.1, -0.05) is 0 Å². The molecule has 0 atom stereocenters. The van der Waals surface area contributed by atoms with Gasteiger partial charge >= 0.3 is 0 Å². The van der Waals surface area contributed by atoms with Gasteiger partial charge in [-0.3, -0.25) is 4.90 Å². The van der Waals surface area contributed by atoms with E-state index >= 15 is 0 Å². The highest BCUT2D eigenvalue weighted by Crippen LogP contribution is 2.12. The molecular formula is C11H17N3S. The molecule has 0 saturated heterocycles. The maximum Gasteiger partial charge on any atom is 0.0897 e. The van der Waals surface area contributed by atoms with Crippen LogP contribution < -0.4 is 0 Å². The number of aromatic nitrogens is 1. The Kier molecular flexibility index (Phi) is 4.73. The number of thiazole rings is 1. The van der Waals surface area contributed by atoms with Gasteiger partial charge in [0.05, 0.1) is 16.8 Å². The number of nitriles is 1. The third-order valence-corrected chi connectivity index (χ3v) is 3.10. The lowest BCUT2D eigenvalue weighted by atomic mass is 10.2. The minimum atomic E-state index is 0.459. The second kappa shape index (κ2) is 5.84. The Hall–Kier alpha value is -0.920. The van der Waals surface area contributed by atoms with E-state index in [9.17, 15) is 0 Å². The van der Waals surface area contributed by atoms with Crippen LogP contribution in [0.4, 0.5) is 0 Å². The van der Waals surface area contributed by atoms with E-state index in [-0.39, 0.29) is 0 Å². The Morgan fingerprint density at radius 2 is 2.33 bits per heavy atom. The molecule has 0 aliphatic rings. The van der Waals surface area contributed by atoms with Crippen LogP contribution in [0.2, 0.25) is 0 Å². The lowest BCUT2D eigenvalue weighted by molar-refractivity contribution is 0.215. The molecule has 15 heavy (non-hydrogen) atoms. The Labute approximate surface area is 95.4 Å². The summed E-state index contributed by atoms with van der Waals surface area (Å²) >= 11 is 1.68. The van der Waals surface area contributed by atoms with Crippen LogP contribution in [0.3, 0.4) is 0 Å². The predicted molar refractivity (Wildman–Crippen MR) is 62.6 cm³/mol. The van der Waals surface area contributed by atoms with Gasteiger partial charge in [-0.05, 0) is 20.8 Å². The van der Waals surface area contributed by atoms with Crippen molar-refractivity contribution in [3.05, 3.63) is 16.1 Å². The molecule has 1 heterocycles. The van der Waals surface area contributed by atoms with Crippen molar-refractivity contribution in [2.75, 3.05) is 6.54 Å². The van der Waals surface area contributed by atoms with E-state index in [2.05, 4.69) is 35.2 Å². The van der Waals surface area contributed by atoms with Crippen LogP contribution in [0.15, 0.2) is 5.38 Å². The molecular weight excluding hydrogens is 206 g/mol. The monoisotopic (exact) mass is 223 g/mol. The topological polar surface area (TPSA) is 39.9 Å². The molecule has 82 valence electrons. The molecule has 0 N–H and O–H groups in total. The van der Waals surface area contributed by atoms with Gasteiger partial charge in [0.1, 0.15) is 0 Å². The van der Waals surface area contributed by atoms with Crippen LogP contribution in [0, 0.1) is 18.3 Å². The Morgan fingerprint density at radius 1 is 1.60 bits per heavy atom. The largest absolute Gasteiger partial charge is 0.294 e. The van der Waals surface area contributed by atoms with Crippen molar-refractivity contribution in [3.63, 3.8) is 0 Å². The molecule has 0 aliphatic heterocycles. The normalized spacial score (nSPS) is 10.9. The Balaban J connectivity index is 2.55. The molecule has 3 nitrogen and oxygen atoms in total. The zero-order chi connectivity index (χ0) is 11.3. The summed E-state index contributed by atoms with van der Waals surface area (Å²) in [6, 6.07) is 2.64. The van der Waals surface area contributed by atoms with Gasteiger partial charge in [0.15, 0.2) is 0 Å². The van der Waals surface area contributed by atoms with Crippen LogP contribution in [0.25, 0.3) is 0 Å². The van der Waals surface area contributed by atoms with Crippen molar-refractivity contribution in [3.8, 4) is 6.07 Å². The average Bonchev–Trinajstić information content (AvgIpc) is 2.58. The number of aryl methyl sites for hydroxylation is 1. The van der Waals surface area contributed by atoms with E-state index in [1.807, 2.05) is 6.92 Å². The summed E-state index contributed by atoms with van der Waals surface area (Å²) in [5, 5.41) is 11.8. The second-order valence-corrected chi connectivity index (χ2v) is 4.89. The van der Waals surface area contributed by atoms with Crippen molar-refractivity contribution in [1.29, 1.82) is 5.26 Å². The minimum Gasteiger partial charge on any atom is -0.294 e. The maximum atomic E-state index is 8.58. The van der Waals surface area contributed by atoms with Crippen molar-refractivity contribution >= 4 is 11.3 Å². The smallest absolute Gasteiger partial charge is 0.0897 e. The van der Waals surface area contributed by atoms with Gasteiger partial charge in [-0.25, -0.2) is 4.98 Å². The standard InChI is InChI=1S/C11H17N3S/c1-9(2)14(6-4-5-12)7-11-8-15-10(3)13-11/h8-9H,4,6-7H2,1-3H3. The summed E-state index contributed by atoms with van der Waals surface area (Å²) in [6.07, 6.45) is 0.585. The van der Waals surface area contributed by atoms with E-state index in [1.165, 1.54) is 0 Å². The molecule has 0 spiro atoms. The van der Waals surface area contributed by atoms with Crippen molar-refractivity contribution in [1.82, 2.24) is 9.88 Å². The fraction of sp³-hybridized carbons (Fsp3) is 0.636. The fourth-order valence-corrected chi connectivity index (χ4v) is 2.01. The zero-order valence-corrected chi connectivity index (χ0v) is 10.3. The molecule has 0 fully saturated rings. The first kappa shape index (κ1) is 12.2. The first-order valence-corrected chi connectivity index (χ1v) is 6.03. The highest BCUT2D eigenvalue weighted by Gasteiger charge is 2.11. The van der Waals surface area contributed by atoms with Gasteiger partial charge in [0, 0.05) is 30.9 Å². The van der Waals surface area contributed by atoms with E-state index < -0.39 is 0 Å². The SMILES string of the molecule is Cc1nc(CN(CCC#N)C(C)C)cs1. The summed E-state index contributed by atoms with van der Waals surface area (Å²) in [5.74, 6) is 0. The van der Waals surface area contributed by atoms with E-state index in [0.29, 0.717) is 12.5 Å². The average molecular weight is 223 g/mol. The molecule has 0 radical (unpaired) electrons. The summed E-state index contributed by atoms with van der Waals surface area (Å²) in [5.41, 5.74) is 1.11. The minimum absolute atomic E-state index is 0.459. The highest BCUT2D eigenvalue weighted by atomic mass is 32.1. The zero-order valence-electron chi connectivity index (χ0n) is 9.53. The number of hydrogen-bond acceptors (Lipinski definition) is 4. The number of hydrogen-bond donors (Lipinski definition) is 0. The molecule has 0 amide bonds. The summed E-state index contributed by atoms with van der Waals surface area (Å²) in [6.45, 7) is 7.99. The lowest BCUT2D eigenvalue weighted by Crippen LogP contribution is -2.31. The third-order valence-electron chi connectivity index (χ3n) is 2.27. The molecule has 0 saturated carbocycles. The molecule has 1 rings (SSSR count). The second-order valence-electron chi connectivity index (χ2n) is 3.83. The van der Waals surface area contributed by atoms with Gasteiger partial charge < -0.3 is 0 Å². The van der Waals surface area contributed by atoms with Crippen LogP contribution >= 0.6 is 11.3 Å². The molecule has 0 bridgehead atoms. The van der Waals surface area contributed by atoms with E-state index in [0.717, 1.165) is 23.8 Å². The van der Waals surface area contributed by atoms with Gasteiger partial charge in [-0.15, -0.1) is 11.3 Å². The van der Waals surface area contributed by atoms with Crippen LogP contribution in [0.1, 0.15) is 31.0 Å². The Bertz CT molecular complexity index is 338. The van der Waals surface area contributed by atoms with Gasteiger partial charge in [0.2, 0.25) is 0 Å². The third kappa shape index (κ3) is 3.98. The quantitative estimate of drug-likeness (QED) is 0.770. The molecule has 0 aromatic carbocycles. The number of nitrogens with zero attached hydrogens (tertiary/aromatic N) is 3. The molecule has 0 unspecified atom stereocenters. The van der Waals surface area contributed by atoms with Crippen molar-refractivity contribution in [2.45, 2.75) is 39.8 Å². The van der Waals surface area contributed by atoms with Crippen molar-refractivity contribution < 1.29 is 0 Å². The fourth-order valence-electron chi connectivity index (χ4n) is 1.40. The van der Waals surface area contributed by atoms with Crippen LogP contribution in [0.5, 0.6) is 0 Å².